The van der Waals surface area contributed by atoms with Crippen LogP contribution >= 0.6 is 0 Å². The molecule has 3 rings (SSSR count). The first-order valence-electron chi connectivity index (χ1n) is 9.80. The van der Waals surface area contributed by atoms with Crippen molar-refractivity contribution < 1.29 is 9.94 Å². The highest BCUT2D eigenvalue weighted by molar-refractivity contribution is 5.19. The number of rotatable bonds is 7. The van der Waals surface area contributed by atoms with Gasteiger partial charge < -0.3 is 9.94 Å². The Morgan fingerprint density at radius 3 is 2.48 bits per heavy atom. The van der Waals surface area contributed by atoms with Crippen LogP contribution in [0.3, 0.4) is 0 Å². The number of nitrogens with zero attached hydrogens (tertiary/aromatic N) is 2. The van der Waals surface area contributed by atoms with Crippen molar-refractivity contribution in [2.45, 2.75) is 65.2 Å². The van der Waals surface area contributed by atoms with Crippen molar-refractivity contribution in [2.75, 3.05) is 0 Å². The zero-order valence-corrected chi connectivity index (χ0v) is 15.9. The van der Waals surface area contributed by atoms with Crippen molar-refractivity contribution in [3.63, 3.8) is 0 Å². The van der Waals surface area contributed by atoms with Gasteiger partial charge in [0.05, 0.1) is 6.61 Å². The van der Waals surface area contributed by atoms with Crippen molar-refractivity contribution in [2.24, 2.45) is 5.92 Å². The molecule has 6 nitrogen and oxygen atoms in total. The molecular weight excluding hydrogens is 344 g/mol. The lowest BCUT2D eigenvalue weighted by Gasteiger charge is -2.24. The van der Waals surface area contributed by atoms with Crippen LogP contribution in [0.5, 0.6) is 0 Å². The first-order chi connectivity index (χ1) is 13.1. The molecule has 27 heavy (non-hydrogen) atoms. The number of benzene rings is 1. The molecule has 0 radical (unpaired) electrons. The fourth-order valence-corrected chi connectivity index (χ4v) is 3.95. The van der Waals surface area contributed by atoms with Gasteiger partial charge in [0, 0.05) is 11.3 Å². The maximum Gasteiger partial charge on any atom is 0.366 e. The summed E-state index contributed by atoms with van der Waals surface area (Å²) in [5, 5.41) is 9.96. The van der Waals surface area contributed by atoms with E-state index in [0.717, 1.165) is 24.1 Å². The number of hydrogen-bond acceptors (Lipinski definition) is 4. The van der Waals surface area contributed by atoms with Crippen LogP contribution in [-0.2, 0) is 30.9 Å². The second kappa shape index (κ2) is 9.04. The standard InChI is InChI=1S/C21H28N2O4/c1-2-18-19(13-16-9-5-3-6-10-16)22(21(25)23(26)20(18)24)15-27-14-17-11-7-4-8-12-17/h4,7-8,11-12,16,26H,2-3,5-6,9-10,13-15H2,1H3. The van der Waals surface area contributed by atoms with Gasteiger partial charge in [-0.3, -0.25) is 9.36 Å². The molecule has 1 aromatic carbocycles. The first kappa shape index (κ1) is 19.4. The van der Waals surface area contributed by atoms with Crippen LogP contribution in [0.25, 0.3) is 0 Å². The van der Waals surface area contributed by atoms with Crippen molar-refractivity contribution in [3.05, 3.63) is 68.0 Å². The van der Waals surface area contributed by atoms with E-state index in [-0.39, 0.29) is 11.5 Å². The molecule has 0 amide bonds. The van der Waals surface area contributed by atoms with Crippen LogP contribution in [0.2, 0.25) is 0 Å². The van der Waals surface area contributed by atoms with Crippen molar-refractivity contribution in [3.8, 4) is 0 Å². The molecule has 2 aromatic rings. The van der Waals surface area contributed by atoms with Crippen LogP contribution < -0.4 is 11.2 Å². The predicted molar refractivity (Wildman–Crippen MR) is 103 cm³/mol. The molecule has 0 atom stereocenters. The Kier molecular flexibility index (Phi) is 6.50. The molecule has 1 aliphatic carbocycles. The lowest BCUT2D eigenvalue weighted by molar-refractivity contribution is 0.0491. The van der Waals surface area contributed by atoms with Gasteiger partial charge in [-0.2, -0.15) is 0 Å². The molecule has 1 N–H and O–H groups in total. The van der Waals surface area contributed by atoms with Crippen LogP contribution in [0.4, 0.5) is 0 Å². The van der Waals surface area contributed by atoms with Crippen molar-refractivity contribution >= 4 is 0 Å². The van der Waals surface area contributed by atoms with Crippen LogP contribution in [0.1, 0.15) is 55.8 Å². The molecule has 1 fully saturated rings. The Morgan fingerprint density at radius 2 is 1.81 bits per heavy atom. The summed E-state index contributed by atoms with van der Waals surface area (Å²) in [5.41, 5.74) is 0.903. The van der Waals surface area contributed by atoms with E-state index in [9.17, 15) is 14.8 Å². The first-order valence-corrected chi connectivity index (χ1v) is 9.80. The third-order valence-electron chi connectivity index (χ3n) is 5.43. The largest absolute Gasteiger partial charge is 0.421 e. The molecule has 6 heteroatoms. The topological polar surface area (TPSA) is 73.5 Å². The van der Waals surface area contributed by atoms with Gasteiger partial charge in [0.15, 0.2) is 0 Å². The van der Waals surface area contributed by atoms with Gasteiger partial charge in [0.2, 0.25) is 0 Å². The van der Waals surface area contributed by atoms with Gasteiger partial charge in [-0.15, -0.1) is 0 Å². The zero-order chi connectivity index (χ0) is 19.2. The van der Waals surface area contributed by atoms with Gasteiger partial charge in [-0.05, 0) is 24.3 Å². The van der Waals surface area contributed by atoms with E-state index in [4.69, 9.17) is 4.74 Å². The molecule has 0 aliphatic heterocycles. The summed E-state index contributed by atoms with van der Waals surface area (Å²) in [6.45, 7) is 2.26. The van der Waals surface area contributed by atoms with E-state index in [0.29, 0.717) is 30.9 Å². The summed E-state index contributed by atoms with van der Waals surface area (Å²) in [7, 11) is 0. The van der Waals surface area contributed by atoms with E-state index in [1.54, 1.807) is 0 Å². The summed E-state index contributed by atoms with van der Waals surface area (Å²) in [4.78, 5) is 24.9. The quantitative estimate of drug-likeness (QED) is 0.758. The van der Waals surface area contributed by atoms with Crippen molar-refractivity contribution in [1.29, 1.82) is 0 Å². The molecule has 0 unspecified atom stereocenters. The Labute approximate surface area is 159 Å². The molecular formula is C21H28N2O4. The minimum Gasteiger partial charge on any atom is -0.421 e. The summed E-state index contributed by atoms with van der Waals surface area (Å²) in [6.07, 6.45) is 7.02. The van der Waals surface area contributed by atoms with Crippen LogP contribution in [0.15, 0.2) is 39.9 Å². The fourth-order valence-electron chi connectivity index (χ4n) is 3.95. The van der Waals surface area contributed by atoms with Gasteiger partial charge in [-0.1, -0.05) is 74.1 Å². The Balaban J connectivity index is 1.88. The highest BCUT2D eigenvalue weighted by Gasteiger charge is 2.22. The number of hydrogen-bond donors (Lipinski definition) is 1. The lowest BCUT2D eigenvalue weighted by Crippen LogP contribution is -2.43. The minimum atomic E-state index is -0.726. The summed E-state index contributed by atoms with van der Waals surface area (Å²) < 4.78 is 7.39. The second-order valence-corrected chi connectivity index (χ2v) is 7.28. The molecule has 1 saturated carbocycles. The Hall–Kier alpha value is -2.34. The van der Waals surface area contributed by atoms with E-state index < -0.39 is 11.2 Å². The predicted octanol–water partition coefficient (Wildman–Crippen LogP) is 3.11. The minimum absolute atomic E-state index is 0.0175. The number of ether oxygens (including phenoxy) is 1. The van der Waals surface area contributed by atoms with Gasteiger partial charge >= 0.3 is 5.69 Å². The van der Waals surface area contributed by atoms with Crippen molar-refractivity contribution in [1.82, 2.24) is 9.30 Å². The van der Waals surface area contributed by atoms with E-state index in [1.807, 2.05) is 37.3 Å². The molecule has 0 spiro atoms. The lowest BCUT2D eigenvalue weighted by atomic mass is 9.85. The monoisotopic (exact) mass is 372 g/mol. The molecule has 146 valence electrons. The molecule has 1 heterocycles. The molecule has 1 aliphatic rings. The summed E-state index contributed by atoms with van der Waals surface area (Å²) >= 11 is 0. The fraction of sp³-hybridized carbons (Fsp3) is 0.524. The third kappa shape index (κ3) is 4.50. The van der Waals surface area contributed by atoms with Crippen LogP contribution in [-0.4, -0.2) is 14.5 Å². The maximum absolute atomic E-state index is 12.6. The molecule has 1 aromatic heterocycles. The maximum atomic E-state index is 12.6. The summed E-state index contributed by atoms with van der Waals surface area (Å²) in [6, 6.07) is 9.71. The second-order valence-electron chi connectivity index (χ2n) is 7.28. The molecule has 0 saturated heterocycles. The van der Waals surface area contributed by atoms with E-state index in [2.05, 4.69) is 0 Å². The average molecular weight is 372 g/mol. The molecule has 0 bridgehead atoms. The highest BCUT2D eigenvalue weighted by atomic mass is 16.5. The van der Waals surface area contributed by atoms with Gasteiger partial charge in [-0.25, -0.2) is 4.79 Å². The zero-order valence-electron chi connectivity index (χ0n) is 15.9. The van der Waals surface area contributed by atoms with Crippen LogP contribution in [0, 0.1) is 5.92 Å². The SMILES string of the molecule is CCc1c(CC2CCCCC2)n(COCc2ccccc2)c(=O)n(O)c1=O. The summed E-state index contributed by atoms with van der Waals surface area (Å²) in [5.74, 6) is 0.470. The average Bonchev–Trinajstić information content (AvgIpc) is 2.70. The number of aromatic nitrogens is 2. The van der Waals surface area contributed by atoms with Gasteiger partial charge in [0.25, 0.3) is 5.56 Å². The smallest absolute Gasteiger partial charge is 0.366 e. The normalized spacial score (nSPS) is 15.1. The van der Waals surface area contributed by atoms with E-state index in [1.165, 1.54) is 23.8 Å². The Bertz CT molecular complexity index is 864. The van der Waals surface area contributed by atoms with Gasteiger partial charge in [0.1, 0.15) is 6.73 Å². The Morgan fingerprint density at radius 1 is 1.11 bits per heavy atom. The van der Waals surface area contributed by atoms with E-state index >= 15 is 0 Å². The highest BCUT2D eigenvalue weighted by Crippen LogP contribution is 2.27. The third-order valence-corrected chi connectivity index (χ3v) is 5.43.